The van der Waals surface area contributed by atoms with Gasteiger partial charge in [-0.2, -0.15) is 13.9 Å². The normalized spacial score (nSPS) is 19.0. The van der Waals surface area contributed by atoms with E-state index in [1.165, 1.54) is 17.0 Å². The number of amides is 1. The molecule has 33 heavy (non-hydrogen) atoms. The molecular formula is C21H25BrClF2N3O4S. The van der Waals surface area contributed by atoms with Gasteiger partial charge in [-0.3, -0.25) is 9.48 Å². The molecule has 0 atom stereocenters. The minimum Gasteiger partial charge on any atom is -0.434 e. The number of nitrogens with zero attached hydrogens (tertiary/aromatic N) is 2. The number of aryl methyl sites for hydroxylation is 1. The minimum absolute atomic E-state index is 0.00995. The van der Waals surface area contributed by atoms with Gasteiger partial charge in [0.15, 0.2) is 5.69 Å². The zero-order chi connectivity index (χ0) is 24.3. The average Bonchev–Trinajstić information content (AvgIpc) is 3.08. The Morgan fingerprint density at radius 3 is 2.58 bits per heavy atom. The lowest BCUT2D eigenvalue weighted by Crippen LogP contribution is -2.34. The van der Waals surface area contributed by atoms with Gasteiger partial charge in [-0.05, 0) is 56.7 Å². The first-order valence-corrected chi connectivity index (χ1v) is 13.6. The van der Waals surface area contributed by atoms with Crippen LogP contribution in [-0.4, -0.2) is 48.8 Å². The number of hydrogen-bond acceptors (Lipinski definition) is 5. The standard InChI is InChI=1S/C21H25BrClF2N3O4S/c1-3-28-19(15-9-6-13(22)10-16(15)32-21(24)25)17(23)18(27-28)20(29)26-11-12-4-7-14(8-5-12)33(2,30)31/h6,9-10,12,14,21H,3-5,7-8,11H2,1-2H3,(H,26,29)/t12-,14-. The lowest BCUT2D eigenvalue weighted by Gasteiger charge is -2.27. The largest absolute Gasteiger partial charge is 0.434 e. The Morgan fingerprint density at radius 1 is 1.33 bits per heavy atom. The third kappa shape index (κ3) is 6.24. The number of carbonyl (C=O) groups is 1. The fraction of sp³-hybridized carbons (Fsp3) is 0.524. The van der Waals surface area contributed by atoms with Crippen molar-refractivity contribution in [2.24, 2.45) is 5.92 Å². The van der Waals surface area contributed by atoms with Crippen LogP contribution < -0.4 is 10.1 Å². The van der Waals surface area contributed by atoms with Crippen LogP contribution in [-0.2, 0) is 16.4 Å². The van der Waals surface area contributed by atoms with Crippen LogP contribution in [0, 0.1) is 5.92 Å². The molecule has 1 aliphatic rings. The predicted octanol–water partition coefficient (Wildman–Crippen LogP) is 4.92. The predicted molar refractivity (Wildman–Crippen MR) is 126 cm³/mol. The lowest BCUT2D eigenvalue weighted by molar-refractivity contribution is -0.0495. The number of sulfone groups is 1. The van der Waals surface area contributed by atoms with Crippen molar-refractivity contribution < 1.29 is 26.7 Å². The Hall–Kier alpha value is -1.72. The Bertz CT molecular complexity index is 1120. The maximum absolute atomic E-state index is 12.9. The maximum atomic E-state index is 12.9. The summed E-state index contributed by atoms with van der Waals surface area (Å²) in [6, 6.07) is 4.62. The van der Waals surface area contributed by atoms with Gasteiger partial charge >= 0.3 is 6.61 Å². The van der Waals surface area contributed by atoms with E-state index in [-0.39, 0.29) is 33.2 Å². The van der Waals surface area contributed by atoms with Crippen LogP contribution in [0.25, 0.3) is 11.3 Å². The number of alkyl halides is 2. The molecule has 182 valence electrons. The summed E-state index contributed by atoms with van der Waals surface area (Å²) < 4.78 is 56.0. The highest BCUT2D eigenvalue weighted by atomic mass is 79.9. The number of hydrogen-bond donors (Lipinski definition) is 1. The van der Waals surface area contributed by atoms with Crippen molar-refractivity contribution in [2.75, 3.05) is 12.8 Å². The van der Waals surface area contributed by atoms with Gasteiger partial charge < -0.3 is 10.1 Å². The second-order valence-corrected chi connectivity index (χ2v) is 11.6. The molecule has 1 fully saturated rings. The van der Waals surface area contributed by atoms with E-state index in [2.05, 4.69) is 31.1 Å². The van der Waals surface area contributed by atoms with Gasteiger partial charge in [-0.1, -0.05) is 27.5 Å². The van der Waals surface area contributed by atoms with E-state index in [1.54, 1.807) is 19.1 Å². The fourth-order valence-corrected chi connectivity index (χ4v) is 5.83. The number of ether oxygens (including phenoxy) is 1. The van der Waals surface area contributed by atoms with Crippen LogP contribution in [0.15, 0.2) is 22.7 Å². The summed E-state index contributed by atoms with van der Waals surface area (Å²) in [5.41, 5.74) is 0.585. The second kappa shape index (κ2) is 10.7. The molecule has 1 amide bonds. The van der Waals surface area contributed by atoms with Gasteiger partial charge in [0.1, 0.15) is 15.6 Å². The zero-order valence-corrected chi connectivity index (χ0v) is 21.3. The molecule has 0 aliphatic heterocycles. The summed E-state index contributed by atoms with van der Waals surface area (Å²) in [5, 5.41) is 6.84. The van der Waals surface area contributed by atoms with E-state index in [0.717, 1.165) is 0 Å². The molecule has 12 heteroatoms. The molecule has 1 N–H and O–H groups in total. The number of benzene rings is 1. The van der Waals surface area contributed by atoms with Crippen molar-refractivity contribution in [3.63, 3.8) is 0 Å². The van der Waals surface area contributed by atoms with Crippen molar-refractivity contribution in [1.82, 2.24) is 15.1 Å². The molecule has 1 aromatic heterocycles. The summed E-state index contributed by atoms with van der Waals surface area (Å²) in [7, 11) is -3.05. The number of nitrogens with one attached hydrogen (secondary N) is 1. The van der Waals surface area contributed by atoms with Gasteiger partial charge in [-0.25, -0.2) is 8.42 Å². The quantitative estimate of drug-likeness (QED) is 0.488. The maximum Gasteiger partial charge on any atom is 0.387 e. The summed E-state index contributed by atoms with van der Waals surface area (Å²) in [4.78, 5) is 12.8. The lowest BCUT2D eigenvalue weighted by atomic mass is 9.89. The minimum atomic E-state index is -3.05. The summed E-state index contributed by atoms with van der Waals surface area (Å²) >= 11 is 9.75. The Kier molecular flexibility index (Phi) is 8.39. The van der Waals surface area contributed by atoms with Gasteiger partial charge in [0.2, 0.25) is 0 Å². The van der Waals surface area contributed by atoms with E-state index in [0.29, 0.717) is 48.9 Å². The molecule has 0 saturated heterocycles. The van der Waals surface area contributed by atoms with Crippen molar-refractivity contribution in [3.05, 3.63) is 33.4 Å². The highest BCUT2D eigenvalue weighted by Gasteiger charge is 2.29. The highest BCUT2D eigenvalue weighted by Crippen LogP contribution is 2.39. The van der Waals surface area contributed by atoms with Gasteiger partial charge in [0.25, 0.3) is 5.91 Å². The topological polar surface area (TPSA) is 90.3 Å². The molecule has 0 unspecified atom stereocenters. The number of halogens is 4. The van der Waals surface area contributed by atoms with Crippen LogP contribution in [0.1, 0.15) is 43.1 Å². The van der Waals surface area contributed by atoms with Crippen molar-refractivity contribution in [1.29, 1.82) is 0 Å². The molecule has 1 heterocycles. The van der Waals surface area contributed by atoms with E-state index in [1.807, 2.05) is 0 Å². The first-order valence-electron chi connectivity index (χ1n) is 10.5. The summed E-state index contributed by atoms with van der Waals surface area (Å²) in [6.07, 6.45) is 3.81. The van der Waals surface area contributed by atoms with Gasteiger partial charge in [0.05, 0.1) is 16.0 Å². The Labute approximate surface area is 204 Å². The number of carbonyl (C=O) groups excluding carboxylic acids is 1. The third-order valence-electron chi connectivity index (χ3n) is 5.77. The monoisotopic (exact) mass is 567 g/mol. The molecule has 1 aliphatic carbocycles. The Balaban J connectivity index is 1.78. The average molecular weight is 569 g/mol. The smallest absolute Gasteiger partial charge is 0.387 e. The van der Waals surface area contributed by atoms with Crippen LogP contribution in [0.5, 0.6) is 5.75 Å². The molecule has 0 spiro atoms. The van der Waals surface area contributed by atoms with Crippen LogP contribution >= 0.6 is 27.5 Å². The van der Waals surface area contributed by atoms with Gasteiger partial charge in [0, 0.05) is 29.4 Å². The molecule has 1 aromatic carbocycles. The van der Waals surface area contributed by atoms with E-state index in [9.17, 15) is 22.0 Å². The summed E-state index contributed by atoms with van der Waals surface area (Å²) in [6.45, 7) is -0.517. The van der Waals surface area contributed by atoms with Crippen molar-refractivity contribution in [3.8, 4) is 17.0 Å². The molecule has 1 saturated carbocycles. The highest BCUT2D eigenvalue weighted by molar-refractivity contribution is 9.10. The first kappa shape index (κ1) is 25.9. The van der Waals surface area contributed by atoms with Gasteiger partial charge in [-0.15, -0.1) is 0 Å². The SMILES string of the molecule is CCn1nc(C(=O)NC[C@H]2CC[C@H](S(C)(=O)=O)CC2)c(Cl)c1-c1ccc(Br)cc1OC(F)F. The summed E-state index contributed by atoms with van der Waals surface area (Å²) in [5.74, 6) is -0.409. The molecule has 0 bridgehead atoms. The van der Waals surface area contributed by atoms with Crippen LogP contribution in [0.2, 0.25) is 5.02 Å². The Morgan fingerprint density at radius 2 is 2.00 bits per heavy atom. The van der Waals surface area contributed by atoms with Crippen LogP contribution in [0.4, 0.5) is 8.78 Å². The second-order valence-electron chi connectivity index (χ2n) is 8.03. The van der Waals surface area contributed by atoms with Crippen LogP contribution in [0.3, 0.4) is 0 Å². The first-order chi connectivity index (χ1) is 15.5. The zero-order valence-electron chi connectivity index (χ0n) is 18.2. The molecule has 7 nitrogen and oxygen atoms in total. The number of aromatic nitrogens is 2. The number of rotatable bonds is 8. The van der Waals surface area contributed by atoms with Crippen molar-refractivity contribution in [2.45, 2.75) is 51.0 Å². The van der Waals surface area contributed by atoms with E-state index in [4.69, 9.17) is 11.6 Å². The van der Waals surface area contributed by atoms with Crippen molar-refractivity contribution >= 4 is 43.3 Å². The van der Waals surface area contributed by atoms with E-state index >= 15 is 0 Å². The van der Waals surface area contributed by atoms with E-state index < -0.39 is 22.4 Å². The molecule has 0 radical (unpaired) electrons. The molecule has 3 rings (SSSR count). The molecular weight excluding hydrogens is 544 g/mol. The fourth-order valence-electron chi connectivity index (χ4n) is 4.04. The molecule has 2 aromatic rings. The third-order valence-corrected chi connectivity index (χ3v) is 8.31.